The summed E-state index contributed by atoms with van der Waals surface area (Å²) in [7, 11) is 0. The molecule has 2 unspecified atom stereocenters. The minimum absolute atomic E-state index is 0.476. The lowest BCUT2D eigenvalue weighted by Gasteiger charge is -2.27. The summed E-state index contributed by atoms with van der Waals surface area (Å²) in [5.41, 5.74) is 5.92. The van der Waals surface area contributed by atoms with Gasteiger partial charge in [-0.1, -0.05) is 42.4 Å². The molecule has 1 nitrogen and oxygen atoms in total. The molecule has 0 radical (unpaired) electrons. The van der Waals surface area contributed by atoms with E-state index in [1.54, 1.807) is 0 Å². The van der Waals surface area contributed by atoms with E-state index >= 15 is 0 Å². The van der Waals surface area contributed by atoms with Crippen LogP contribution in [0.25, 0.3) is 0 Å². The Bertz CT molecular complexity index is 123. The van der Waals surface area contributed by atoms with Crippen LogP contribution in [-0.2, 0) is 0 Å². The van der Waals surface area contributed by atoms with E-state index in [2.05, 4.69) is 29.5 Å². The van der Waals surface area contributed by atoms with E-state index in [0.29, 0.717) is 9.46 Å². The molecule has 2 heteroatoms. The summed E-state index contributed by atoms with van der Waals surface area (Å²) in [5, 5.41) is 0. The third-order valence-electron chi connectivity index (χ3n) is 2.56. The molecule has 0 amide bonds. The molecule has 0 aliphatic heterocycles. The Morgan fingerprint density at radius 2 is 2.00 bits per heavy atom. The summed E-state index contributed by atoms with van der Waals surface area (Å²) in [5.74, 6) is 0. The van der Waals surface area contributed by atoms with Crippen molar-refractivity contribution in [2.45, 2.75) is 54.9 Å². The molecular formula is C9H18IN. The first-order valence-electron chi connectivity index (χ1n) is 4.55. The van der Waals surface area contributed by atoms with Gasteiger partial charge in [0.05, 0.1) is 0 Å². The average Bonchev–Trinajstić information content (AvgIpc) is 1.92. The Kier molecular flexibility index (Phi) is 3.62. The van der Waals surface area contributed by atoms with Crippen LogP contribution in [0, 0.1) is 0 Å². The van der Waals surface area contributed by atoms with Crippen LogP contribution in [-0.4, -0.2) is 9.46 Å². The molecule has 0 aromatic rings. The van der Waals surface area contributed by atoms with Gasteiger partial charge in [0.25, 0.3) is 0 Å². The lowest BCUT2D eigenvalue weighted by molar-refractivity contribution is 0.415. The molecule has 2 N–H and O–H groups in total. The Labute approximate surface area is 83.3 Å². The second kappa shape index (κ2) is 4.08. The summed E-state index contributed by atoms with van der Waals surface area (Å²) in [6.45, 7) is 2.35. The van der Waals surface area contributed by atoms with Crippen LogP contribution in [0.2, 0.25) is 0 Å². The van der Waals surface area contributed by atoms with E-state index in [-0.39, 0.29) is 0 Å². The zero-order valence-corrected chi connectivity index (χ0v) is 9.43. The Balaban J connectivity index is 2.38. The Morgan fingerprint density at radius 3 is 2.73 bits per heavy atom. The summed E-state index contributed by atoms with van der Waals surface area (Å²) < 4.78 is 0.524. The SMILES string of the molecule is CC1(I)CCCCC(N)CC1. The summed E-state index contributed by atoms with van der Waals surface area (Å²) >= 11 is 2.59. The molecule has 2 atom stereocenters. The molecule has 1 aliphatic rings. The van der Waals surface area contributed by atoms with Crippen molar-refractivity contribution in [1.29, 1.82) is 0 Å². The van der Waals surface area contributed by atoms with Gasteiger partial charge in [0, 0.05) is 9.46 Å². The average molecular weight is 267 g/mol. The van der Waals surface area contributed by atoms with Gasteiger partial charge in [-0.3, -0.25) is 0 Å². The van der Waals surface area contributed by atoms with E-state index in [1.165, 1.54) is 38.5 Å². The monoisotopic (exact) mass is 267 g/mol. The van der Waals surface area contributed by atoms with Gasteiger partial charge in [0.1, 0.15) is 0 Å². The maximum absolute atomic E-state index is 5.92. The predicted octanol–water partition coefficient (Wildman–Crippen LogP) is 2.86. The van der Waals surface area contributed by atoms with E-state index in [4.69, 9.17) is 5.73 Å². The first kappa shape index (κ1) is 9.78. The van der Waals surface area contributed by atoms with Crippen LogP contribution >= 0.6 is 22.6 Å². The van der Waals surface area contributed by atoms with Gasteiger partial charge in [-0.05, 0) is 25.7 Å². The molecule has 66 valence electrons. The van der Waals surface area contributed by atoms with Crippen molar-refractivity contribution in [2.75, 3.05) is 0 Å². The van der Waals surface area contributed by atoms with Crippen molar-refractivity contribution in [3.05, 3.63) is 0 Å². The van der Waals surface area contributed by atoms with E-state index in [1.807, 2.05) is 0 Å². The fraction of sp³-hybridized carbons (Fsp3) is 1.00. The fourth-order valence-electron chi connectivity index (χ4n) is 1.66. The molecule has 11 heavy (non-hydrogen) atoms. The lowest BCUT2D eigenvalue weighted by atomic mass is 9.90. The number of nitrogens with two attached hydrogens (primary N) is 1. The topological polar surface area (TPSA) is 26.0 Å². The van der Waals surface area contributed by atoms with Crippen molar-refractivity contribution in [2.24, 2.45) is 5.73 Å². The molecule has 1 saturated carbocycles. The van der Waals surface area contributed by atoms with Gasteiger partial charge in [0.15, 0.2) is 0 Å². The van der Waals surface area contributed by atoms with E-state index in [0.717, 1.165) is 0 Å². The van der Waals surface area contributed by atoms with Crippen LogP contribution in [0.3, 0.4) is 0 Å². The zero-order valence-electron chi connectivity index (χ0n) is 7.28. The molecule has 0 aromatic carbocycles. The van der Waals surface area contributed by atoms with Crippen LogP contribution in [0.15, 0.2) is 0 Å². The van der Waals surface area contributed by atoms with Crippen LogP contribution in [0.5, 0.6) is 0 Å². The molecule has 1 aliphatic carbocycles. The van der Waals surface area contributed by atoms with Gasteiger partial charge in [0.2, 0.25) is 0 Å². The van der Waals surface area contributed by atoms with Gasteiger partial charge in [-0.15, -0.1) is 0 Å². The van der Waals surface area contributed by atoms with Gasteiger partial charge < -0.3 is 5.73 Å². The van der Waals surface area contributed by atoms with Crippen molar-refractivity contribution in [1.82, 2.24) is 0 Å². The highest BCUT2D eigenvalue weighted by Gasteiger charge is 2.22. The minimum Gasteiger partial charge on any atom is -0.328 e. The Morgan fingerprint density at radius 1 is 1.27 bits per heavy atom. The molecular weight excluding hydrogens is 249 g/mol. The number of rotatable bonds is 0. The predicted molar refractivity (Wildman–Crippen MR) is 58.1 cm³/mol. The van der Waals surface area contributed by atoms with Crippen molar-refractivity contribution < 1.29 is 0 Å². The largest absolute Gasteiger partial charge is 0.328 e. The molecule has 0 heterocycles. The van der Waals surface area contributed by atoms with Crippen molar-refractivity contribution in [3.8, 4) is 0 Å². The quantitative estimate of drug-likeness (QED) is 0.530. The standard InChI is InChI=1S/C9H18IN/c1-9(10)6-3-2-4-8(11)5-7-9/h8H,2-7,11H2,1H3. The third-order valence-corrected chi connectivity index (χ3v) is 3.64. The zero-order chi connectivity index (χ0) is 8.32. The second-order valence-electron chi connectivity index (χ2n) is 3.96. The Hall–Kier alpha value is 0.690. The smallest absolute Gasteiger partial charge is 0.0194 e. The van der Waals surface area contributed by atoms with Crippen molar-refractivity contribution >= 4 is 22.6 Å². The maximum Gasteiger partial charge on any atom is 0.0194 e. The minimum atomic E-state index is 0.476. The number of hydrogen-bond donors (Lipinski definition) is 1. The summed E-state index contributed by atoms with van der Waals surface area (Å²) in [4.78, 5) is 0. The van der Waals surface area contributed by atoms with Crippen LogP contribution in [0.4, 0.5) is 0 Å². The highest BCUT2D eigenvalue weighted by molar-refractivity contribution is 14.1. The highest BCUT2D eigenvalue weighted by Crippen LogP contribution is 2.33. The maximum atomic E-state index is 5.92. The molecule has 0 spiro atoms. The number of halogens is 1. The van der Waals surface area contributed by atoms with Gasteiger partial charge in [-0.2, -0.15) is 0 Å². The van der Waals surface area contributed by atoms with Crippen LogP contribution < -0.4 is 5.73 Å². The second-order valence-corrected chi connectivity index (χ2v) is 6.56. The molecule has 0 aromatic heterocycles. The number of alkyl halides is 1. The normalized spacial score (nSPS) is 41.2. The molecule has 0 saturated heterocycles. The van der Waals surface area contributed by atoms with Gasteiger partial charge >= 0.3 is 0 Å². The van der Waals surface area contributed by atoms with Crippen LogP contribution in [0.1, 0.15) is 45.4 Å². The molecule has 1 fully saturated rings. The fourth-order valence-corrected chi connectivity index (χ4v) is 2.35. The third kappa shape index (κ3) is 3.74. The molecule has 0 bridgehead atoms. The highest BCUT2D eigenvalue weighted by atomic mass is 127. The van der Waals surface area contributed by atoms with Gasteiger partial charge in [-0.25, -0.2) is 0 Å². The lowest BCUT2D eigenvalue weighted by Crippen LogP contribution is -2.27. The first-order valence-corrected chi connectivity index (χ1v) is 5.62. The van der Waals surface area contributed by atoms with E-state index in [9.17, 15) is 0 Å². The summed E-state index contributed by atoms with van der Waals surface area (Å²) in [6, 6.07) is 0.476. The van der Waals surface area contributed by atoms with E-state index < -0.39 is 0 Å². The molecule has 1 rings (SSSR count). The van der Waals surface area contributed by atoms with Crippen molar-refractivity contribution in [3.63, 3.8) is 0 Å². The number of hydrogen-bond acceptors (Lipinski definition) is 1. The first-order chi connectivity index (χ1) is 5.10. The summed E-state index contributed by atoms with van der Waals surface area (Å²) in [6.07, 6.45) is 7.84.